The van der Waals surface area contributed by atoms with E-state index in [-0.39, 0.29) is 0 Å². The molecule has 0 saturated carbocycles. The molecule has 14 rings (SSSR count). The summed E-state index contributed by atoms with van der Waals surface area (Å²) in [5.74, 6) is 0. The zero-order valence-corrected chi connectivity index (χ0v) is 34.6. The molecule has 10 aromatic carbocycles. The molecule has 2 heterocycles. The minimum absolute atomic E-state index is 0.474. The van der Waals surface area contributed by atoms with Crippen molar-refractivity contribution in [1.82, 2.24) is 0 Å². The van der Waals surface area contributed by atoms with Crippen molar-refractivity contribution < 1.29 is 8.83 Å². The van der Waals surface area contributed by atoms with Crippen LogP contribution in [0.15, 0.2) is 233 Å². The minimum atomic E-state index is -0.474. The van der Waals surface area contributed by atoms with Crippen LogP contribution in [0.2, 0.25) is 0 Å². The maximum atomic E-state index is 6.84. The normalized spacial score (nSPS) is 13.1. The first-order valence-electron chi connectivity index (χ1n) is 22.0. The molecule has 3 heteroatoms. The SMILES string of the molecule is c1ccc(-c2ccc(N(c3ccc4c(c3)C3(c5ccccc5-c5ccccc53)c3ccccc3-4)c3cccc4oc5cc6c(cc5c34)oc3c(-c4ccccc4)cccc36)cc2)cc1. The Hall–Kier alpha value is -8.40. The van der Waals surface area contributed by atoms with E-state index in [1.54, 1.807) is 0 Å². The van der Waals surface area contributed by atoms with E-state index in [0.29, 0.717) is 0 Å². The average molecular weight is 816 g/mol. The molecule has 2 aliphatic rings. The van der Waals surface area contributed by atoms with Crippen LogP contribution in [-0.2, 0) is 5.41 Å². The van der Waals surface area contributed by atoms with Crippen LogP contribution < -0.4 is 4.90 Å². The molecule has 64 heavy (non-hydrogen) atoms. The molecule has 3 nitrogen and oxygen atoms in total. The average Bonchev–Trinajstić information content (AvgIpc) is 4.09. The van der Waals surface area contributed by atoms with Crippen molar-refractivity contribution in [2.75, 3.05) is 4.90 Å². The third kappa shape index (κ3) is 4.81. The number of para-hydroxylation sites is 1. The van der Waals surface area contributed by atoms with Gasteiger partial charge in [0.25, 0.3) is 0 Å². The molecule has 0 amide bonds. The van der Waals surface area contributed by atoms with Crippen LogP contribution in [0.25, 0.3) is 88.4 Å². The highest BCUT2D eigenvalue weighted by molar-refractivity contribution is 6.19. The van der Waals surface area contributed by atoms with Crippen LogP contribution in [0.3, 0.4) is 0 Å². The van der Waals surface area contributed by atoms with Crippen molar-refractivity contribution in [2.45, 2.75) is 5.41 Å². The van der Waals surface area contributed by atoms with Gasteiger partial charge in [-0.15, -0.1) is 0 Å². The molecule has 0 saturated heterocycles. The molecule has 0 aliphatic heterocycles. The van der Waals surface area contributed by atoms with E-state index in [0.717, 1.165) is 72.1 Å². The maximum absolute atomic E-state index is 6.84. The van der Waals surface area contributed by atoms with Crippen LogP contribution in [0.4, 0.5) is 17.1 Å². The van der Waals surface area contributed by atoms with Crippen LogP contribution in [-0.4, -0.2) is 0 Å². The van der Waals surface area contributed by atoms with Crippen molar-refractivity contribution in [1.29, 1.82) is 0 Å². The second-order valence-corrected chi connectivity index (χ2v) is 17.1. The molecule has 0 fully saturated rings. The number of nitrogens with zero attached hydrogens (tertiary/aromatic N) is 1. The van der Waals surface area contributed by atoms with Gasteiger partial charge < -0.3 is 13.7 Å². The second kappa shape index (κ2) is 13.3. The van der Waals surface area contributed by atoms with Crippen LogP contribution in [0, 0.1) is 0 Å². The summed E-state index contributed by atoms with van der Waals surface area (Å²) < 4.78 is 13.7. The number of furan rings is 2. The highest BCUT2D eigenvalue weighted by Crippen LogP contribution is 2.63. The molecule has 0 radical (unpaired) electrons. The highest BCUT2D eigenvalue weighted by atomic mass is 16.3. The van der Waals surface area contributed by atoms with Crippen molar-refractivity contribution in [2.24, 2.45) is 0 Å². The van der Waals surface area contributed by atoms with Crippen molar-refractivity contribution in [3.8, 4) is 44.5 Å². The van der Waals surface area contributed by atoms with E-state index in [9.17, 15) is 0 Å². The third-order valence-electron chi connectivity index (χ3n) is 13.9. The molecule has 2 aliphatic carbocycles. The molecule has 1 spiro atoms. The van der Waals surface area contributed by atoms with E-state index in [4.69, 9.17) is 8.83 Å². The van der Waals surface area contributed by atoms with Gasteiger partial charge in [-0.25, -0.2) is 0 Å². The Morgan fingerprint density at radius 2 is 0.844 bits per heavy atom. The number of benzene rings is 10. The van der Waals surface area contributed by atoms with Crippen LogP contribution in [0.1, 0.15) is 22.3 Å². The summed E-state index contributed by atoms with van der Waals surface area (Å²) in [5.41, 5.74) is 21.0. The zero-order valence-electron chi connectivity index (χ0n) is 34.6. The minimum Gasteiger partial charge on any atom is -0.456 e. The van der Waals surface area contributed by atoms with Gasteiger partial charge in [0.15, 0.2) is 0 Å². The molecule has 12 aromatic rings. The van der Waals surface area contributed by atoms with Crippen molar-refractivity contribution >= 4 is 60.9 Å². The monoisotopic (exact) mass is 815 g/mol. The summed E-state index contributed by atoms with van der Waals surface area (Å²) in [4.78, 5) is 2.42. The molecule has 0 atom stereocenters. The molecule has 2 aromatic heterocycles. The van der Waals surface area contributed by atoms with E-state index in [1.165, 1.54) is 55.6 Å². The Labute approximate surface area is 369 Å². The standard InChI is InChI=1S/C61H37NO2/c1-3-15-38(16-4-1)39-29-31-41(32-30-39)62(42-33-34-47-46-21-9-12-26-53(46)61(54(47)35-42)51-24-10-7-19-44(51)45-20-8-11-25-52(45)61)55-27-14-28-56-59(55)50-37-57-49(36-58(50)63-56)48-23-13-22-43(60(48)64-57)40-17-5-2-6-18-40/h1-37H. The van der Waals surface area contributed by atoms with Gasteiger partial charge in [0.05, 0.1) is 16.5 Å². The quantitative estimate of drug-likeness (QED) is 0.173. The maximum Gasteiger partial charge on any atom is 0.143 e. The van der Waals surface area contributed by atoms with Gasteiger partial charge in [-0.05, 0) is 110 Å². The lowest BCUT2D eigenvalue weighted by Crippen LogP contribution is -2.26. The lowest BCUT2D eigenvalue weighted by Gasteiger charge is -2.32. The predicted molar refractivity (Wildman–Crippen MR) is 263 cm³/mol. The van der Waals surface area contributed by atoms with Gasteiger partial charge in [-0.1, -0.05) is 176 Å². The van der Waals surface area contributed by atoms with E-state index in [2.05, 4.69) is 223 Å². The van der Waals surface area contributed by atoms with Gasteiger partial charge in [0.2, 0.25) is 0 Å². The van der Waals surface area contributed by atoms with Gasteiger partial charge in [-0.2, -0.15) is 0 Å². The number of anilines is 3. The van der Waals surface area contributed by atoms with Crippen LogP contribution in [0.5, 0.6) is 0 Å². The summed E-state index contributed by atoms with van der Waals surface area (Å²) in [7, 11) is 0. The number of hydrogen-bond acceptors (Lipinski definition) is 3. The van der Waals surface area contributed by atoms with Gasteiger partial charge in [0.1, 0.15) is 22.3 Å². The first kappa shape index (κ1) is 35.2. The molecular formula is C61H37NO2. The van der Waals surface area contributed by atoms with Gasteiger partial charge in [-0.3, -0.25) is 0 Å². The fourth-order valence-electron chi connectivity index (χ4n) is 11.2. The molecular weight excluding hydrogens is 779 g/mol. The fraction of sp³-hybridized carbons (Fsp3) is 0.0164. The van der Waals surface area contributed by atoms with Gasteiger partial charge >= 0.3 is 0 Å². The molecule has 0 bridgehead atoms. The fourth-order valence-corrected chi connectivity index (χ4v) is 11.2. The second-order valence-electron chi connectivity index (χ2n) is 17.1. The summed E-state index contributed by atoms with van der Waals surface area (Å²) in [6, 6.07) is 81.4. The Morgan fingerprint density at radius 3 is 1.53 bits per heavy atom. The van der Waals surface area contributed by atoms with Crippen molar-refractivity contribution in [3.05, 3.63) is 247 Å². The van der Waals surface area contributed by atoms with E-state index >= 15 is 0 Å². The first-order chi connectivity index (χ1) is 31.7. The van der Waals surface area contributed by atoms with Crippen LogP contribution >= 0.6 is 0 Å². The molecule has 0 N–H and O–H groups in total. The molecule has 298 valence electrons. The third-order valence-corrected chi connectivity index (χ3v) is 13.9. The lowest BCUT2D eigenvalue weighted by atomic mass is 9.70. The lowest BCUT2D eigenvalue weighted by molar-refractivity contribution is 0.664. The van der Waals surface area contributed by atoms with Crippen molar-refractivity contribution in [3.63, 3.8) is 0 Å². The highest BCUT2D eigenvalue weighted by Gasteiger charge is 2.51. The number of hydrogen-bond donors (Lipinski definition) is 0. The first-order valence-corrected chi connectivity index (χ1v) is 22.0. The summed E-state index contributed by atoms with van der Waals surface area (Å²) in [6.07, 6.45) is 0. The summed E-state index contributed by atoms with van der Waals surface area (Å²) in [5, 5.41) is 4.15. The summed E-state index contributed by atoms with van der Waals surface area (Å²) >= 11 is 0. The largest absolute Gasteiger partial charge is 0.456 e. The Balaban J connectivity index is 1.02. The number of fused-ring (bicyclic) bond motifs is 16. The zero-order chi connectivity index (χ0) is 41.9. The Bertz CT molecular complexity index is 3780. The van der Waals surface area contributed by atoms with Gasteiger partial charge in [0, 0.05) is 33.1 Å². The molecule has 0 unspecified atom stereocenters. The smallest absolute Gasteiger partial charge is 0.143 e. The Morgan fingerprint density at radius 1 is 0.312 bits per heavy atom. The van der Waals surface area contributed by atoms with E-state index < -0.39 is 5.41 Å². The Kier molecular flexibility index (Phi) is 7.32. The summed E-state index contributed by atoms with van der Waals surface area (Å²) in [6.45, 7) is 0. The predicted octanol–water partition coefficient (Wildman–Crippen LogP) is 16.6. The van der Waals surface area contributed by atoms with E-state index in [1.807, 2.05) is 6.07 Å². The number of rotatable bonds is 5. The topological polar surface area (TPSA) is 29.5 Å².